The van der Waals surface area contributed by atoms with Crippen LogP contribution in [-0.2, 0) is 16.4 Å². The zero-order chi connectivity index (χ0) is 28.1. The lowest BCUT2D eigenvalue weighted by atomic mass is 9.86. The lowest BCUT2D eigenvalue weighted by Crippen LogP contribution is -2.18. The summed E-state index contributed by atoms with van der Waals surface area (Å²) in [6.07, 6.45) is 5.38. The van der Waals surface area contributed by atoms with Crippen LogP contribution in [0.4, 0.5) is 5.69 Å². The number of aromatic hydroxyl groups is 1. The molecule has 1 aromatic heterocycles. The Labute approximate surface area is 235 Å². The fourth-order valence-corrected chi connectivity index (χ4v) is 6.52. The molecule has 1 heterocycles. The predicted molar refractivity (Wildman–Crippen MR) is 157 cm³/mol. The minimum atomic E-state index is -3.76. The first-order valence-corrected chi connectivity index (χ1v) is 15.4. The third-order valence-corrected chi connectivity index (χ3v) is 9.09. The molecule has 0 spiro atoms. The molecule has 1 saturated carbocycles. The Kier molecular flexibility index (Phi) is 8.40. The van der Waals surface area contributed by atoms with Crippen molar-refractivity contribution < 1.29 is 17.9 Å². The minimum absolute atomic E-state index is 0.0338. The van der Waals surface area contributed by atoms with E-state index in [1.807, 2.05) is 24.3 Å². The summed E-state index contributed by atoms with van der Waals surface area (Å²) in [5.41, 5.74) is 2.16. The summed E-state index contributed by atoms with van der Waals surface area (Å²) >= 11 is 0. The van der Waals surface area contributed by atoms with Crippen molar-refractivity contribution in [2.75, 3.05) is 4.72 Å². The first-order valence-electron chi connectivity index (χ1n) is 13.9. The number of sulfonamides is 1. The van der Waals surface area contributed by atoms with Crippen LogP contribution in [0.25, 0.3) is 0 Å². The van der Waals surface area contributed by atoms with Crippen LogP contribution in [0.2, 0.25) is 0 Å². The summed E-state index contributed by atoms with van der Waals surface area (Å²) in [7, 11) is -3.76. The number of hydrogen-bond acceptors (Lipinski definition) is 5. The average Bonchev–Trinajstić information content (AvgIpc) is 3.79. The van der Waals surface area contributed by atoms with Crippen molar-refractivity contribution in [2.45, 2.75) is 62.2 Å². The molecule has 0 saturated heterocycles. The van der Waals surface area contributed by atoms with Crippen LogP contribution in [0.3, 0.4) is 0 Å². The van der Waals surface area contributed by atoms with E-state index >= 15 is 0 Å². The molecule has 0 bridgehead atoms. The van der Waals surface area contributed by atoms with Gasteiger partial charge in [0.1, 0.15) is 11.5 Å². The predicted octanol–water partition coefficient (Wildman–Crippen LogP) is 7.20. The van der Waals surface area contributed by atoms with Crippen LogP contribution in [0, 0.1) is 5.92 Å². The Balaban J connectivity index is 1.38. The summed E-state index contributed by atoms with van der Waals surface area (Å²) in [5, 5.41) is 11.2. The molecule has 5 rings (SSSR count). The maximum atomic E-state index is 13.4. The van der Waals surface area contributed by atoms with E-state index in [1.54, 1.807) is 42.5 Å². The zero-order valence-electron chi connectivity index (χ0n) is 22.6. The van der Waals surface area contributed by atoms with Gasteiger partial charge in [-0.15, -0.1) is 0 Å². The highest BCUT2D eigenvalue weighted by molar-refractivity contribution is 7.92. The number of aryl methyl sites for hydroxylation is 1. The molecular formula is C33H35NO5S. The fraction of sp³-hybridized carbons (Fsp3) is 0.303. The van der Waals surface area contributed by atoms with Gasteiger partial charge in [-0.05, 0) is 79.8 Å². The molecule has 2 unspecified atom stereocenters. The highest BCUT2D eigenvalue weighted by Gasteiger charge is 2.38. The van der Waals surface area contributed by atoms with E-state index in [9.17, 15) is 18.3 Å². The molecule has 208 valence electrons. The third-order valence-electron chi connectivity index (χ3n) is 7.70. The zero-order valence-corrected chi connectivity index (χ0v) is 23.4. The molecular weight excluding hydrogens is 522 g/mol. The first-order chi connectivity index (χ1) is 19.4. The Hall–Kier alpha value is -3.84. The van der Waals surface area contributed by atoms with E-state index in [0.717, 1.165) is 44.1 Å². The Morgan fingerprint density at radius 1 is 0.950 bits per heavy atom. The van der Waals surface area contributed by atoms with Gasteiger partial charge in [-0.1, -0.05) is 67.6 Å². The molecule has 2 N–H and O–H groups in total. The van der Waals surface area contributed by atoms with Crippen molar-refractivity contribution in [3.8, 4) is 5.75 Å². The van der Waals surface area contributed by atoms with Gasteiger partial charge in [-0.3, -0.25) is 4.72 Å². The van der Waals surface area contributed by atoms with E-state index in [4.69, 9.17) is 4.42 Å². The summed E-state index contributed by atoms with van der Waals surface area (Å²) in [6.45, 7) is 2.06. The molecule has 3 aromatic carbocycles. The van der Waals surface area contributed by atoms with Crippen LogP contribution >= 0.6 is 0 Å². The molecule has 1 aliphatic carbocycles. The first kappa shape index (κ1) is 27.7. The van der Waals surface area contributed by atoms with Crippen molar-refractivity contribution in [1.82, 2.24) is 0 Å². The minimum Gasteiger partial charge on any atom is -0.507 e. The average molecular weight is 558 g/mol. The number of hydrogen-bond donors (Lipinski definition) is 2. The lowest BCUT2D eigenvalue weighted by molar-refractivity contribution is 0.371. The quantitative estimate of drug-likeness (QED) is 0.192. The Morgan fingerprint density at radius 3 is 2.30 bits per heavy atom. The smallest absolute Gasteiger partial charge is 0.343 e. The van der Waals surface area contributed by atoms with E-state index in [2.05, 4.69) is 23.8 Å². The van der Waals surface area contributed by atoms with E-state index < -0.39 is 15.6 Å². The van der Waals surface area contributed by atoms with Crippen LogP contribution in [-0.4, -0.2) is 13.5 Å². The van der Waals surface area contributed by atoms with Gasteiger partial charge in [-0.2, -0.15) is 0 Å². The summed E-state index contributed by atoms with van der Waals surface area (Å²) < 4.78 is 34.3. The summed E-state index contributed by atoms with van der Waals surface area (Å²) in [4.78, 5) is 13.6. The second-order valence-corrected chi connectivity index (χ2v) is 12.3. The molecule has 6 nitrogen and oxygen atoms in total. The lowest BCUT2D eigenvalue weighted by Gasteiger charge is -2.20. The maximum Gasteiger partial charge on any atom is 0.343 e. The number of nitrogens with one attached hydrogen (secondary N) is 1. The third kappa shape index (κ3) is 6.48. The second kappa shape index (κ2) is 12.1. The summed E-state index contributed by atoms with van der Waals surface area (Å²) in [5.74, 6) is 0.283. The molecule has 40 heavy (non-hydrogen) atoms. The molecule has 1 aliphatic rings. The maximum absolute atomic E-state index is 13.4. The molecule has 0 radical (unpaired) electrons. The van der Waals surface area contributed by atoms with Crippen molar-refractivity contribution in [1.29, 1.82) is 0 Å². The van der Waals surface area contributed by atoms with Crippen molar-refractivity contribution in [3.05, 3.63) is 124 Å². The van der Waals surface area contributed by atoms with E-state index in [0.29, 0.717) is 11.4 Å². The number of rotatable bonds is 12. The van der Waals surface area contributed by atoms with Gasteiger partial charge >= 0.3 is 5.63 Å². The van der Waals surface area contributed by atoms with Crippen molar-refractivity contribution in [2.24, 2.45) is 5.92 Å². The highest BCUT2D eigenvalue weighted by atomic mass is 32.2. The van der Waals surface area contributed by atoms with Gasteiger partial charge in [0.2, 0.25) is 0 Å². The second-order valence-electron chi connectivity index (χ2n) is 10.6. The molecule has 1 fully saturated rings. The number of benzene rings is 3. The molecule has 2 atom stereocenters. The van der Waals surface area contributed by atoms with Gasteiger partial charge < -0.3 is 9.52 Å². The van der Waals surface area contributed by atoms with E-state index in [1.165, 1.54) is 17.7 Å². The monoisotopic (exact) mass is 557 g/mol. The largest absolute Gasteiger partial charge is 0.507 e. The molecule has 0 amide bonds. The van der Waals surface area contributed by atoms with E-state index in [-0.39, 0.29) is 34.0 Å². The van der Waals surface area contributed by atoms with Gasteiger partial charge in [0.15, 0.2) is 0 Å². The fourth-order valence-electron chi connectivity index (χ4n) is 5.45. The number of anilines is 1. The Bertz CT molecular complexity index is 1600. The van der Waals surface area contributed by atoms with Gasteiger partial charge in [-0.25, -0.2) is 13.2 Å². The van der Waals surface area contributed by atoms with Crippen LogP contribution < -0.4 is 10.3 Å². The normalized spacial score (nSPS) is 14.9. The van der Waals surface area contributed by atoms with Crippen LogP contribution in [0.1, 0.15) is 73.3 Å². The topological polar surface area (TPSA) is 96.6 Å². The Morgan fingerprint density at radius 2 is 1.65 bits per heavy atom. The molecule has 7 heteroatoms. The van der Waals surface area contributed by atoms with Gasteiger partial charge in [0.05, 0.1) is 10.5 Å². The van der Waals surface area contributed by atoms with Gasteiger partial charge in [0.25, 0.3) is 10.0 Å². The van der Waals surface area contributed by atoms with Crippen LogP contribution in [0.15, 0.2) is 105 Å². The van der Waals surface area contributed by atoms with Gasteiger partial charge in [0, 0.05) is 23.6 Å². The molecule has 0 aliphatic heterocycles. The standard InChI is InChI=1S/C33H35NO5S/c1-2-24(14-9-13-23-11-5-3-6-12-23)30-22-29(35)32(33(36)39-30)31(25-19-20-25)26-15-10-16-27(21-26)34-40(37,38)28-17-7-4-8-18-28/h3-8,10-12,15-18,21-22,24-25,31,34-35H,2,9,13-14,19-20H2,1H3. The van der Waals surface area contributed by atoms with Crippen molar-refractivity contribution >= 4 is 15.7 Å². The summed E-state index contributed by atoms with van der Waals surface area (Å²) in [6, 6.07) is 27.2. The van der Waals surface area contributed by atoms with Crippen molar-refractivity contribution in [3.63, 3.8) is 0 Å². The highest BCUT2D eigenvalue weighted by Crippen LogP contribution is 2.48. The SMILES string of the molecule is CCC(CCCc1ccccc1)c1cc(O)c(C(c2cccc(NS(=O)(=O)c3ccccc3)c2)C2CC2)c(=O)o1. The van der Waals surface area contributed by atoms with Crippen LogP contribution in [0.5, 0.6) is 5.75 Å². The molecule has 4 aromatic rings.